The van der Waals surface area contributed by atoms with Gasteiger partial charge < -0.3 is 4.90 Å². The van der Waals surface area contributed by atoms with E-state index in [1.165, 1.54) is 12.1 Å². The minimum absolute atomic E-state index is 0.112. The Morgan fingerprint density at radius 2 is 2.04 bits per heavy atom. The number of nitrogens with zero attached hydrogens (tertiary/aromatic N) is 3. The Labute approximate surface area is 141 Å². The number of carbonyl (C=O) groups excluding carboxylic acids is 1. The summed E-state index contributed by atoms with van der Waals surface area (Å²) in [6.45, 7) is 5.65. The molecule has 2 heterocycles. The molecular weight excluding hydrogens is 306 g/mol. The van der Waals surface area contributed by atoms with Crippen LogP contribution < -0.4 is 0 Å². The number of nitro benzene ring substituents is 1. The molecule has 2 aliphatic rings. The second-order valence-electron chi connectivity index (χ2n) is 6.62. The summed E-state index contributed by atoms with van der Waals surface area (Å²) in [5.74, 6) is 0.859. The number of carbonyl (C=O) groups is 1. The lowest BCUT2D eigenvalue weighted by Gasteiger charge is -2.31. The Kier molecular flexibility index (Phi) is 4.94. The predicted molar refractivity (Wildman–Crippen MR) is 92.5 cm³/mol. The van der Waals surface area contributed by atoms with Crippen molar-refractivity contribution in [2.24, 2.45) is 5.92 Å². The summed E-state index contributed by atoms with van der Waals surface area (Å²) in [6.07, 6.45) is 5.81. The number of hydrogen-bond donors (Lipinski definition) is 0. The minimum atomic E-state index is -0.389. The van der Waals surface area contributed by atoms with Crippen LogP contribution in [0.2, 0.25) is 0 Å². The highest BCUT2D eigenvalue weighted by Crippen LogP contribution is 2.30. The number of rotatable bonds is 5. The molecule has 24 heavy (non-hydrogen) atoms. The molecule has 2 aliphatic heterocycles. The van der Waals surface area contributed by atoms with E-state index >= 15 is 0 Å². The van der Waals surface area contributed by atoms with Gasteiger partial charge in [-0.2, -0.15) is 0 Å². The smallest absolute Gasteiger partial charge is 0.269 e. The van der Waals surface area contributed by atoms with Gasteiger partial charge in [0.15, 0.2) is 0 Å². The fourth-order valence-corrected chi connectivity index (χ4v) is 3.76. The van der Waals surface area contributed by atoms with Gasteiger partial charge in [0.2, 0.25) is 5.91 Å². The second-order valence-corrected chi connectivity index (χ2v) is 6.62. The van der Waals surface area contributed by atoms with Gasteiger partial charge in [-0.05, 0) is 30.0 Å². The predicted octanol–water partition coefficient (Wildman–Crippen LogP) is 2.55. The third kappa shape index (κ3) is 3.64. The summed E-state index contributed by atoms with van der Waals surface area (Å²) in [6, 6.07) is 6.93. The first-order valence-corrected chi connectivity index (χ1v) is 8.49. The molecule has 3 rings (SSSR count). The third-order valence-electron chi connectivity index (χ3n) is 4.89. The lowest BCUT2D eigenvalue weighted by molar-refractivity contribution is -0.384. The molecule has 1 aromatic carbocycles. The molecule has 0 N–H and O–H groups in total. The van der Waals surface area contributed by atoms with Gasteiger partial charge in [0.25, 0.3) is 5.69 Å². The molecule has 0 spiro atoms. The topological polar surface area (TPSA) is 66.7 Å². The average molecular weight is 329 g/mol. The quantitative estimate of drug-likeness (QED) is 0.615. The maximum Gasteiger partial charge on any atom is 0.269 e. The van der Waals surface area contributed by atoms with Gasteiger partial charge in [-0.15, -0.1) is 0 Å². The van der Waals surface area contributed by atoms with Crippen molar-refractivity contribution in [3.8, 4) is 0 Å². The van der Waals surface area contributed by atoms with Crippen LogP contribution in [-0.4, -0.2) is 52.9 Å². The number of nitro groups is 1. The third-order valence-corrected chi connectivity index (χ3v) is 4.89. The second kappa shape index (κ2) is 7.13. The van der Waals surface area contributed by atoms with E-state index in [0.29, 0.717) is 18.4 Å². The summed E-state index contributed by atoms with van der Waals surface area (Å²) >= 11 is 0. The molecule has 2 unspecified atom stereocenters. The Hall–Kier alpha value is -2.21. The van der Waals surface area contributed by atoms with Gasteiger partial charge in [-0.3, -0.25) is 19.8 Å². The number of fused-ring (bicyclic) bond motifs is 2. The standard InChI is InChI=1S/C18H23N3O3/c1-2-18(22)20-12-15-10-17(20)13-19(11-15)9-3-4-14-5-7-16(8-6-14)21(23)24/h3-8,15,17H,2,9-13H2,1H3/b4-3+. The number of amides is 1. The molecule has 6 heteroatoms. The first kappa shape index (κ1) is 16.6. The van der Waals surface area contributed by atoms with E-state index < -0.39 is 0 Å². The molecule has 2 bridgehead atoms. The van der Waals surface area contributed by atoms with E-state index in [9.17, 15) is 14.9 Å². The van der Waals surface area contributed by atoms with Crippen LogP contribution in [0.5, 0.6) is 0 Å². The van der Waals surface area contributed by atoms with Gasteiger partial charge >= 0.3 is 0 Å². The lowest BCUT2D eigenvalue weighted by atomic mass is 10.00. The van der Waals surface area contributed by atoms with Crippen LogP contribution in [-0.2, 0) is 4.79 Å². The van der Waals surface area contributed by atoms with Crippen molar-refractivity contribution in [3.63, 3.8) is 0 Å². The van der Waals surface area contributed by atoms with Crippen LogP contribution >= 0.6 is 0 Å². The SMILES string of the molecule is CCC(=O)N1CC2CC1CN(C/C=C/c1ccc([N+](=O)[O-])cc1)C2. The molecule has 0 aliphatic carbocycles. The van der Waals surface area contributed by atoms with Gasteiger partial charge in [0, 0.05) is 50.8 Å². The molecule has 128 valence electrons. The molecule has 2 saturated heterocycles. The van der Waals surface area contributed by atoms with E-state index in [4.69, 9.17) is 0 Å². The van der Waals surface area contributed by atoms with Gasteiger partial charge in [0.05, 0.1) is 4.92 Å². The van der Waals surface area contributed by atoms with Crippen LogP contribution in [0.4, 0.5) is 5.69 Å². The number of likely N-dealkylation sites (tertiary alicyclic amines) is 2. The normalized spacial score (nSPS) is 23.8. The minimum Gasteiger partial charge on any atom is -0.338 e. The zero-order chi connectivity index (χ0) is 17.1. The highest BCUT2D eigenvalue weighted by molar-refractivity contribution is 5.76. The number of piperidine rings is 1. The van der Waals surface area contributed by atoms with E-state index in [0.717, 1.165) is 38.2 Å². The van der Waals surface area contributed by atoms with Crippen LogP contribution in [0.15, 0.2) is 30.3 Å². The van der Waals surface area contributed by atoms with Crippen LogP contribution in [0, 0.1) is 16.0 Å². The Balaban J connectivity index is 1.54. The fourth-order valence-electron chi connectivity index (χ4n) is 3.76. The van der Waals surface area contributed by atoms with E-state index in [1.807, 2.05) is 13.0 Å². The van der Waals surface area contributed by atoms with Crippen molar-refractivity contribution in [3.05, 3.63) is 46.0 Å². The molecule has 6 nitrogen and oxygen atoms in total. The van der Waals surface area contributed by atoms with Gasteiger partial charge in [-0.1, -0.05) is 19.1 Å². The summed E-state index contributed by atoms with van der Waals surface area (Å²) in [7, 11) is 0. The highest BCUT2D eigenvalue weighted by Gasteiger charge is 2.39. The Morgan fingerprint density at radius 3 is 2.71 bits per heavy atom. The van der Waals surface area contributed by atoms with Gasteiger partial charge in [-0.25, -0.2) is 0 Å². The summed E-state index contributed by atoms with van der Waals surface area (Å²) in [5.41, 5.74) is 1.07. The molecule has 0 aromatic heterocycles. The number of non-ortho nitro benzene ring substituents is 1. The first-order chi connectivity index (χ1) is 11.6. The van der Waals surface area contributed by atoms with Crippen LogP contribution in [0.1, 0.15) is 25.3 Å². The largest absolute Gasteiger partial charge is 0.338 e. The molecule has 2 fully saturated rings. The van der Waals surface area contributed by atoms with E-state index in [-0.39, 0.29) is 16.5 Å². The van der Waals surface area contributed by atoms with Crippen molar-refractivity contribution < 1.29 is 9.72 Å². The van der Waals surface area contributed by atoms with Crippen molar-refractivity contribution >= 4 is 17.7 Å². The number of benzene rings is 1. The summed E-state index contributed by atoms with van der Waals surface area (Å²) in [5, 5.41) is 10.6. The first-order valence-electron chi connectivity index (χ1n) is 8.49. The maximum absolute atomic E-state index is 12.0. The summed E-state index contributed by atoms with van der Waals surface area (Å²) in [4.78, 5) is 26.7. The van der Waals surface area contributed by atoms with Crippen molar-refractivity contribution in [2.45, 2.75) is 25.8 Å². The van der Waals surface area contributed by atoms with E-state index in [2.05, 4.69) is 15.9 Å². The number of hydrogen-bond acceptors (Lipinski definition) is 4. The lowest BCUT2D eigenvalue weighted by Crippen LogP contribution is -2.43. The van der Waals surface area contributed by atoms with Gasteiger partial charge in [0.1, 0.15) is 0 Å². The molecule has 0 radical (unpaired) electrons. The molecule has 2 atom stereocenters. The molecular formula is C18H23N3O3. The van der Waals surface area contributed by atoms with Crippen LogP contribution in [0.3, 0.4) is 0 Å². The van der Waals surface area contributed by atoms with Crippen LogP contribution in [0.25, 0.3) is 6.08 Å². The molecule has 0 saturated carbocycles. The molecule has 1 amide bonds. The van der Waals surface area contributed by atoms with Crippen molar-refractivity contribution in [1.29, 1.82) is 0 Å². The van der Waals surface area contributed by atoms with E-state index in [1.54, 1.807) is 12.1 Å². The summed E-state index contributed by atoms with van der Waals surface area (Å²) < 4.78 is 0. The zero-order valence-electron chi connectivity index (χ0n) is 13.9. The molecule has 1 aromatic rings. The maximum atomic E-state index is 12.0. The van der Waals surface area contributed by atoms with Crippen molar-refractivity contribution in [1.82, 2.24) is 9.80 Å². The monoisotopic (exact) mass is 329 g/mol. The Morgan fingerprint density at radius 1 is 1.29 bits per heavy atom. The Bertz CT molecular complexity index is 641. The zero-order valence-corrected chi connectivity index (χ0v) is 13.9. The average Bonchev–Trinajstić information content (AvgIpc) is 2.89. The highest BCUT2D eigenvalue weighted by atomic mass is 16.6. The fraction of sp³-hybridized carbons (Fsp3) is 0.500. The van der Waals surface area contributed by atoms with Crippen molar-refractivity contribution in [2.75, 3.05) is 26.2 Å².